The molecule has 0 amide bonds. The van der Waals surface area contributed by atoms with Gasteiger partial charge < -0.3 is 59.1 Å². The quantitative estimate of drug-likeness (QED) is 0.390. The molecule has 0 aromatic rings. The molecule has 0 unspecified atom stereocenters. The Labute approximate surface area is 133 Å². The Hall–Kier alpha value is 1.82. The molecule has 1 radical (unpaired) electrons. The minimum absolute atomic E-state index is 0. The molecular formula is C8H16Cl4NbO2-4. The second kappa shape index (κ2) is 24.9. The summed E-state index contributed by atoms with van der Waals surface area (Å²) in [5.41, 5.74) is 0. The van der Waals surface area contributed by atoms with Crippen LogP contribution in [0.5, 0.6) is 0 Å². The number of halogens is 4. The molecule has 2 saturated heterocycles. The fourth-order valence-corrected chi connectivity index (χ4v) is 1.02. The Morgan fingerprint density at radius 1 is 0.467 bits per heavy atom. The molecule has 0 aromatic carbocycles. The summed E-state index contributed by atoms with van der Waals surface area (Å²) in [6.45, 7) is 4.00. The minimum Gasteiger partial charge on any atom is -1.00 e. The van der Waals surface area contributed by atoms with Gasteiger partial charge in [-0.15, -0.1) is 0 Å². The minimum atomic E-state index is 0. The maximum atomic E-state index is 4.94. The molecule has 0 saturated carbocycles. The van der Waals surface area contributed by atoms with E-state index in [2.05, 4.69) is 0 Å². The zero-order chi connectivity index (χ0) is 7.07. The van der Waals surface area contributed by atoms with Crippen LogP contribution in [0, 0.1) is 0 Å². The molecule has 0 bridgehead atoms. The van der Waals surface area contributed by atoms with E-state index in [1.807, 2.05) is 0 Å². The third-order valence-electron chi connectivity index (χ3n) is 1.65. The molecule has 2 aliphatic rings. The van der Waals surface area contributed by atoms with Crippen LogP contribution in [-0.4, -0.2) is 26.4 Å². The Bertz CT molecular complexity index is 57.8. The van der Waals surface area contributed by atoms with E-state index in [1.165, 1.54) is 25.7 Å². The van der Waals surface area contributed by atoms with Gasteiger partial charge in [0.05, 0.1) is 0 Å². The van der Waals surface area contributed by atoms with Crippen LogP contribution in [0.15, 0.2) is 0 Å². The van der Waals surface area contributed by atoms with Gasteiger partial charge in [0, 0.05) is 48.8 Å². The molecule has 0 aromatic heterocycles. The van der Waals surface area contributed by atoms with Crippen LogP contribution in [0.4, 0.5) is 0 Å². The van der Waals surface area contributed by atoms with Crippen molar-refractivity contribution in [3.8, 4) is 0 Å². The van der Waals surface area contributed by atoms with Gasteiger partial charge in [-0.3, -0.25) is 0 Å². The van der Waals surface area contributed by atoms with E-state index in [0.29, 0.717) is 0 Å². The summed E-state index contributed by atoms with van der Waals surface area (Å²) in [4.78, 5) is 0. The fraction of sp³-hybridized carbons (Fsp3) is 1.00. The van der Waals surface area contributed by atoms with Gasteiger partial charge in [-0.25, -0.2) is 0 Å². The number of hydrogen-bond acceptors (Lipinski definition) is 2. The number of hydrogen-bond donors (Lipinski definition) is 0. The van der Waals surface area contributed by atoms with E-state index in [-0.39, 0.29) is 72.0 Å². The zero-order valence-corrected chi connectivity index (χ0v) is 13.7. The van der Waals surface area contributed by atoms with Gasteiger partial charge in [0.1, 0.15) is 0 Å². The predicted molar refractivity (Wildman–Crippen MR) is 40.1 cm³/mol. The SMILES string of the molecule is C1CCOC1.C1CCOC1.[Cl-].[Cl-].[Cl-].[Cl-].[Nb]. The molecule has 2 nitrogen and oxygen atoms in total. The van der Waals surface area contributed by atoms with Crippen molar-refractivity contribution >= 4 is 0 Å². The van der Waals surface area contributed by atoms with Gasteiger partial charge >= 0.3 is 0 Å². The second-order valence-corrected chi connectivity index (χ2v) is 2.64. The molecule has 2 heterocycles. The molecule has 2 aliphatic heterocycles. The predicted octanol–water partition coefficient (Wildman–Crippen LogP) is -10.4. The van der Waals surface area contributed by atoms with Crippen molar-refractivity contribution in [1.29, 1.82) is 0 Å². The standard InChI is InChI=1S/2C4H8O.4ClH.Nb/c2*1-2-4-5-3-1;;;;;/h2*1-4H2;4*1H;/p-4. The summed E-state index contributed by atoms with van der Waals surface area (Å²) in [5, 5.41) is 0. The van der Waals surface area contributed by atoms with Gasteiger partial charge in [-0.2, -0.15) is 0 Å². The van der Waals surface area contributed by atoms with Crippen LogP contribution >= 0.6 is 0 Å². The van der Waals surface area contributed by atoms with Crippen LogP contribution in [0.1, 0.15) is 25.7 Å². The van der Waals surface area contributed by atoms with Crippen molar-refractivity contribution in [3.63, 3.8) is 0 Å². The van der Waals surface area contributed by atoms with Crippen LogP contribution in [0.3, 0.4) is 0 Å². The summed E-state index contributed by atoms with van der Waals surface area (Å²) >= 11 is 0. The first-order chi connectivity index (χ1) is 5.00. The monoisotopic (exact) mass is 377 g/mol. The van der Waals surface area contributed by atoms with E-state index in [0.717, 1.165) is 26.4 Å². The van der Waals surface area contributed by atoms with E-state index < -0.39 is 0 Å². The first kappa shape index (κ1) is 30.1. The van der Waals surface area contributed by atoms with Crippen LogP contribution in [-0.2, 0) is 31.9 Å². The van der Waals surface area contributed by atoms with Crippen molar-refractivity contribution in [3.05, 3.63) is 0 Å². The summed E-state index contributed by atoms with van der Waals surface area (Å²) in [7, 11) is 0. The molecule has 97 valence electrons. The van der Waals surface area contributed by atoms with Crippen LogP contribution in [0.25, 0.3) is 0 Å². The first-order valence-electron chi connectivity index (χ1n) is 4.15. The van der Waals surface area contributed by atoms with E-state index in [4.69, 9.17) is 9.47 Å². The molecule has 15 heavy (non-hydrogen) atoms. The number of rotatable bonds is 0. The molecule has 0 atom stereocenters. The average molecular weight is 379 g/mol. The van der Waals surface area contributed by atoms with E-state index >= 15 is 0 Å². The zero-order valence-electron chi connectivity index (χ0n) is 8.43. The van der Waals surface area contributed by atoms with Crippen LogP contribution in [0.2, 0.25) is 0 Å². The Balaban J connectivity index is -0.0000000333. The van der Waals surface area contributed by atoms with Gasteiger partial charge in [-0.1, -0.05) is 0 Å². The first-order valence-corrected chi connectivity index (χ1v) is 4.15. The number of ether oxygens (including phenoxy) is 2. The molecule has 0 N–H and O–H groups in total. The normalized spacial score (nSPS) is 16.0. The maximum absolute atomic E-state index is 4.94. The van der Waals surface area contributed by atoms with Crippen molar-refractivity contribution in [2.24, 2.45) is 0 Å². The Kier molecular flexibility index (Phi) is 50.0. The van der Waals surface area contributed by atoms with Gasteiger partial charge in [0.15, 0.2) is 0 Å². The van der Waals surface area contributed by atoms with Crippen molar-refractivity contribution in [1.82, 2.24) is 0 Å². The summed E-state index contributed by atoms with van der Waals surface area (Å²) in [6.07, 6.45) is 5.11. The van der Waals surface area contributed by atoms with Gasteiger partial charge in [0.2, 0.25) is 0 Å². The summed E-state index contributed by atoms with van der Waals surface area (Å²) < 4.78 is 9.89. The third kappa shape index (κ3) is 21.6. The molecule has 2 rings (SSSR count). The molecular weight excluding hydrogens is 363 g/mol. The topological polar surface area (TPSA) is 18.5 Å². The fourth-order valence-electron chi connectivity index (χ4n) is 1.02. The van der Waals surface area contributed by atoms with E-state index in [9.17, 15) is 0 Å². The molecule has 7 heteroatoms. The molecule has 0 spiro atoms. The van der Waals surface area contributed by atoms with Crippen molar-refractivity contribution in [2.45, 2.75) is 25.7 Å². The summed E-state index contributed by atoms with van der Waals surface area (Å²) in [5.74, 6) is 0. The van der Waals surface area contributed by atoms with Crippen molar-refractivity contribution in [2.75, 3.05) is 26.4 Å². The van der Waals surface area contributed by atoms with Crippen molar-refractivity contribution < 1.29 is 81.5 Å². The van der Waals surface area contributed by atoms with E-state index in [1.54, 1.807) is 0 Å². The molecule has 0 aliphatic carbocycles. The Morgan fingerprint density at radius 3 is 0.733 bits per heavy atom. The Morgan fingerprint density at radius 2 is 0.667 bits per heavy atom. The average Bonchev–Trinajstić information content (AvgIpc) is 2.67. The second-order valence-electron chi connectivity index (χ2n) is 2.64. The maximum Gasteiger partial charge on any atom is 0.0466 e. The van der Waals surface area contributed by atoms with Crippen LogP contribution < -0.4 is 49.6 Å². The van der Waals surface area contributed by atoms with Gasteiger partial charge in [0.25, 0.3) is 0 Å². The summed E-state index contributed by atoms with van der Waals surface area (Å²) in [6, 6.07) is 0. The largest absolute Gasteiger partial charge is 1.00 e. The third-order valence-corrected chi connectivity index (χ3v) is 1.65. The molecule has 2 fully saturated rings. The smallest absolute Gasteiger partial charge is 0.0466 e. The van der Waals surface area contributed by atoms with Gasteiger partial charge in [-0.05, 0) is 25.7 Å².